The van der Waals surface area contributed by atoms with Crippen LogP contribution in [0.15, 0.2) is 17.3 Å². The van der Waals surface area contributed by atoms with Crippen molar-refractivity contribution in [1.82, 2.24) is 14.1 Å². The molecule has 1 saturated heterocycles. The molecular formula is C11H17N3O3S. The highest BCUT2D eigenvalue weighted by atomic mass is 32.2. The summed E-state index contributed by atoms with van der Waals surface area (Å²) in [7, 11) is -1.79. The van der Waals surface area contributed by atoms with Gasteiger partial charge in [-0.3, -0.25) is 4.68 Å². The van der Waals surface area contributed by atoms with Gasteiger partial charge >= 0.3 is 0 Å². The molecule has 0 bridgehead atoms. The third-order valence-corrected chi connectivity index (χ3v) is 5.52. The predicted molar refractivity (Wildman–Crippen MR) is 64.4 cm³/mol. The highest BCUT2D eigenvalue weighted by Gasteiger charge is 2.39. The van der Waals surface area contributed by atoms with E-state index in [9.17, 15) is 8.42 Å². The van der Waals surface area contributed by atoms with Crippen molar-refractivity contribution in [1.29, 1.82) is 0 Å². The quantitative estimate of drug-likeness (QED) is 0.789. The molecule has 1 aliphatic carbocycles. The van der Waals surface area contributed by atoms with E-state index in [1.807, 2.05) is 0 Å². The second-order valence-corrected chi connectivity index (χ2v) is 6.79. The first kappa shape index (κ1) is 12.1. The fourth-order valence-corrected chi connectivity index (χ4v) is 3.91. The smallest absolute Gasteiger partial charge is 0.260 e. The molecule has 7 heteroatoms. The molecule has 6 nitrogen and oxygen atoms in total. The SMILES string of the molecule is Cn1nccc1S(=O)(=O)N1CCO[C@H](C2CC2)C1. The molecule has 100 valence electrons. The summed E-state index contributed by atoms with van der Waals surface area (Å²) in [6.07, 6.45) is 3.89. The molecule has 1 atom stereocenters. The third kappa shape index (κ3) is 2.06. The highest BCUT2D eigenvalue weighted by Crippen LogP contribution is 2.36. The molecule has 1 aromatic heterocycles. The molecule has 0 amide bonds. The van der Waals surface area contributed by atoms with Gasteiger partial charge in [-0.15, -0.1) is 0 Å². The lowest BCUT2D eigenvalue weighted by molar-refractivity contribution is -0.0136. The van der Waals surface area contributed by atoms with Crippen molar-refractivity contribution in [2.45, 2.75) is 24.0 Å². The molecule has 0 aromatic carbocycles. The Morgan fingerprint density at radius 2 is 2.22 bits per heavy atom. The standard InChI is InChI=1S/C11H17N3O3S/c1-13-11(4-5-12-13)18(15,16)14-6-7-17-10(8-14)9-2-3-9/h4-5,9-10H,2-3,6-8H2,1H3/t10-/m0/s1. The number of morpholine rings is 1. The second kappa shape index (κ2) is 4.32. The number of nitrogens with zero attached hydrogens (tertiary/aromatic N) is 3. The van der Waals surface area contributed by atoms with Gasteiger partial charge in [-0.05, 0) is 24.8 Å². The van der Waals surface area contributed by atoms with Crippen LogP contribution in [0.1, 0.15) is 12.8 Å². The Kier molecular flexibility index (Phi) is 2.91. The zero-order chi connectivity index (χ0) is 12.8. The molecule has 1 aliphatic heterocycles. The molecule has 1 aromatic rings. The van der Waals surface area contributed by atoms with Crippen molar-refractivity contribution < 1.29 is 13.2 Å². The summed E-state index contributed by atoms with van der Waals surface area (Å²) in [5, 5.41) is 4.17. The molecule has 0 N–H and O–H groups in total. The van der Waals surface area contributed by atoms with Gasteiger partial charge in [-0.25, -0.2) is 8.42 Å². The van der Waals surface area contributed by atoms with Gasteiger partial charge in [0.2, 0.25) is 0 Å². The van der Waals surface area contributed by atoms with Crippen LogP contribution in [-0.2, 0) is 21.8 Å². The molecule has 0 spiro atoms. The van der Waals surface area contributed by atoms with Gasteiger partial charge in [0.15, 0.2) is 5.03 Å². The van der Waals surface area contributed by atoms with Crippen LogP contribution in [-0.4, -0.2) is 48.3 Å². The van der Waals surface area contributed by atoms with Crippen molar-refractivity contribution >= 4 is 10.0 Å². The minimum absolute atomic E-state index is 0.0711. The highest BCUT2D eigenvalue weighted by molar-refractivity contribution is 7.89. The van der Waals surface area contributed by atoms with E-state index in [0.29, 0.717) is 25.6 Å². The summed E-state index contributed by atoms with van der Waals surface area (Å²) in [6.45, 7) is 1.38. The molecule has 2 fully saturated rings. The summed E-state index contributed by atoms with van der Waals surface area (Å²) in [5.41, 5.74) is 0. The van der Waals surface area contributed by atoms with Crippen molar-refractivity contribution in [3.8, 4) is 0 Å². The van der Waals surface area contributed by atoms with E-state index >= 15 is 0 Å². The Balaban J connectivity index is 1.82. The Morgan fingerprint density at radius 1 is 1.44 bits per heavy atom. The third-order valence-electron chi connectivity index (χ3n) is 3.58. The lowest BCUT2D eigenvalue weighted by Gasteiger charge is -2.32. The predicted octanol–water partition coefficient (Wildman–Crippen LogP) is 0.220. The lowest BCUT2D eigenvalue weighted by Crippen LogP contribution is -2.46. The van der Waals surface area contributed by atoms with Crippen LogP contribution in [0, 0.1) is 5.92 Å². The van der Waals surface area contributed by atoms with Crippen LogP contribution < -0.4 is 0 Å². The molecule has 0 radical (unpaired) electrons. The molecule has 3 rings (SSSR count). The van der Waals surface area contributed by atoms with E-state index in [4.69, 9.17) is 4.74 Å². The zero-order valence-corrected chi connectivity index (χ0v) is 11.1. The summed E-state index contributed by atoms with van der Waals surface area (Å²) >= 11 is 0. The minimum Gasteiger partial charge on any atom is -0.375 e. The maximum Gasteiger partial charge on any atom is 0.260 e. The van der Waals surface area contributed by atoms with Gasteiger partial charge in [0.1, 0.15) is 0 Å². The molecule has 18 heavy (non-hydrogen) atoms. The van der Waals surface area contributed by atoms with Gasteiger partial charge in [-0.2, -0.15) is 9.40 Å². The number of ether oxygens (including phenoxy) is 1. The number of aryl methyl sites for hydroxylation is 1. The van der Waals surface area contributed by atoms with E-state index in [-0.39, 0.29) is 11.1 Å². The van der Waals surface area contributed by atoms with Crippen molar-refractivity contribution in [2.24, 2.45) is 13.0 Å². The summed E-state index contributed by atoms with van der Waals surface area (Å²) in [6, 6.07) is 1.54. The molecule has 1 saturated carbocycles. The average Bonchev–Trinajstić information content (AvgIpc) is 3.12. The second-order valence-electron chi connectivity index (χ2n) is 4.90. The fourth-order valence-electron chi connectivity index (χ4n) is 2.37. The van der Waals surface area contributed by atoms with Gasteiger partial charge in [0.05, 0.1) is 18.9 Å². The van der Waals surface area contributed by atoms with E-state index in [2.05, 4.69) is 5.10 Å². The molecule has 0 unspecified atom stereocenters. The monoisotopic (exact) mass is 271 g/mol. The first-order valence-electron chi connectivity index (χ1n) is 6.19. The minimum atomic E-state index is -3.43. The van der Waals surface area contributed by atoms with E-state index < -0.39 is 10.0 Å². The summed E-state index contributed by atoms with van der Waals surface area (Å²) in [5.74, 6) is 0.550. The van der Waals surface area contributed by atoms with E-state index in [0.717, 1.165) is 12.8 Å². The van der Waals surface area contributed by atoms with Crippen LogP contribution in [0.2, 0.25) is 0 Å². The van der Waals surface area contributed by atoms with Gasteiger partial charge < -0.3 is 4.74 Å². The number of sulfonamides is 1. The zero-order valence-electron chi connectivity index (χ0n) is 10.3. The van der Waals surface area contributed by atoms with Crippen LogP contribution in [0.25, 0.3) is 0 Å². The Hall–Kier alpha value is -0.920. The van der Waals surface area contributed by atoms with Crippen LogP contribution in [0.4, 0.5) is 0 Å². The Morgan fingerprint density at radius 3 is 2.83 bits per heavy atom. The van der Waals surface area contributed by atoms with Crippen LogP contribution in [0.3, 0.4) is 0 Å². The van der Waals surface area contributed by atoms with Crippen molar-refractivity contribution in [3.63, 3.8) is 0 Å². The van der Waals surface area contributed by atoms with Crippen LogP contribution >= 0.6 is 0 Å². The first-order valence-corrected chi connectivity index (χ1v) is 7.63. The Labute approximate surface area is 107 Å². The normalized spacial score (nSPS) is 26.4. The maximum absolute atomic E-state index is 12.5. The molecule has 2 aliphatic rings. The van der Waals surface area contributed by atoms with Gasteiger partial charge in [0, 0.05) is 20.1 Å². The van der Waals surface area contributed by atoms with Gasteiger partial charge in [-0.1, -0.05) is 0 Å². The van der Waals surface area contributed by atoms with Crippen molar-refractivity contribution in [2.75, 3.05) is 19.7 Å². The lowest BCUT2D eigenvalue weighted by atomic mass is 10.2. The number of aromatic nitrogens is 2. The van der Waals surface area contributed by atoms with Crippen molar-refractivity contribution in [3.05, 3.63) is 12.3 Å². The average molecular weight is 271 g/mol. The number of hydrogen-bond acceptors (Lipinski definition) is 4. The van der Waals surface area contributed by atoms with E-state index in [1.165, 1.54) is 21.3 Å². The topological polar surface area (TPSA) is 64.4 Å². The number of rotatable bonds is 3. The Bertz CT molecular complexity index is 535. The van der Waals surface area contributed by atoms with Gasteiger partial charge in [0.25, 0.3) is 10.0 Å². The summed E-state index contributed by atoms with van der Waals surface area (Å²) < 4.78 is 33.5. The van der Waals surface area contributed by atoms with E-state index in [1.54, 1.807) is 7.05 Å². The molecular weight excluding hydrogens is 254 g/mol. The van der Waals surface area contributed by atoms with Crippen LogP contribution in [0.5, 0.6) is 0 Å². The largest absolute Gasteiger partial charge is 0.375 e. The summed E-state index contributed by atoms with van der Waals surface area (Å²) in [4.78, 5) is 0. The maximum atomic E-state index is 12.5. The fraction of sp³-hybridized carbons (Fsp3) is 0.727. The number of hydrogen-bond donors (Lipinski definition) is 0. The molecule has 2 heterocycles. The first-order chi connectivity index (χ1) is 8.59.